The third-order valence-electron chi connectivity index (χ3n) is 6.22. The summed E-state index contributed by atoms with van der Waals surface area (Å²) in [6.45, 7) is 0. The summed E-state index contributed by atoms with van der Waals surface area (Å²) < 4.78 is 10.8. The van der Waals surface area contributed by atoms with Gasteiger partial charge in [0, 0.05) is 35.5 Å². The summed E-state index contributed by atoms with van der Waals surface area (Å²) in [5.74, 6) is -4.99. The number of carbonyl (C=O) groups is 1. The minimum absolute atomic E-state index is 0.0241. The molecule has 3 aromatic carbocycles. The summed E-state index contributed by atoms with van der Waals surface area (Å²) in [5, 5.41) is 51.3. The zero-order chi connectivity index (χ0) is 27.1. The van der Waals surface area contributed by atoms with E-state index in [0.29, 0.717) is 16.6 Å². The molecular weight excluding hydrogens is 496 g/mol. The van der Waals surface area contributed by atoms with Crippen molar-refractivity contribution in [3.8, 4) is 40.1 Å². The van der Waals surface area contributed by atoms with Gasteiger partial charge in [0.2, 0.25) is 11.2 Å². The highest BCUT2D eigenvalue weighted by Gasteiger charge is 2.30. The number of carbonyl (C=O) groups excluding carboxylic acids is 1. The summed E-state index contributed by atoms with van der Waals surface area (Å²) in [6, 6.07) is 9.40. The number of hydrogen-bond donors (Lipinski definition) is 5. The van der Waals surface area contributed by atoms with E-state index in [1.54, 1.807) is 18.2 Å². The van der Waals surface area contributed by atoms with Crippen molar-refractivity contribution in [2.75, 3.05) is 7.11 Å². The van der Waals surface area contributed by atoms with E-state index < -0.39 is 57.2 Å². The molecule has 0 bridgehead atoms. The monoisotopic (exact) mass is 516 g/mol. The Bertz CT molecular complexity index is 1800. The van der Waals surface area contributed by atoms with Crippen molar-refractivity contribution in [3.63, 3.8) is 0 Å². The normalized spacial score (nSPS) is 12.0. The highest BCUT2D eigenvalue weighted by Crippen LogP contribution is 2.45. The van der Waals surface area contributed by atoms with Crippen molar-refractivity contribution in [2.24, 2.45) is 0 Å². The first kappa shape index (κ1) is 24.4. The van der Waals surface area contributed by atoms with E-state index >= 15 is 0 Å². The fraction of sp³-hybridized carbons (Fsp3) is 0.111. The molecule has 0 saturated carbocycles. The number of hydrogen-bond acceptors (Lipinski definition) is 11. The average molecular weight is 516 g/mol. The zero-order valence-electron chi connectivity index (χ0n) is 19.7. The quantitative estimate of drug-likeness (QED) is 0.170. The maximum atomic E-state index is 13.2. The molecule has 0 aliphatic rings. The van der Waals surface area contributed by atoms with Crippen LogP contribution in [-0.4, -0.2) is 48.6 Å². The van der Waals surface area contributed by atoms with Gasteiger partial charge < -0.3 is 34.7 Å². The van der Waals surface area contributed by atoms with Crippen LogP contribution < -0.4 is 5.43 Å². The SMILES string of the molecule is COC(=O)CC(c1ccc2nccnc2c1)c1c(O)cc(O)c2c(=O)c(O)c(-c3ccc(O)c(O)c3)oc12. The lowest BCUT2D eigenvalue weighted by Gasteiger charge is -2.20. The molecule has 0 radical (unpaired) electrons. The Hall–Kier alpha value is -5.32. The van der Waals surface area contributed by atoms with Gasteiger partial charge in [-0.3, -0.25) is 19.6 Å². The van der Waals surface area contributed by atoms with Crippen LogP contribution in [0.25, 0.3) is 33.3 Å². The minimum atomic E-state index is -1.02. The first-order valence-corrected chi connectivity index (χ1v) is 11.2. The molecule has 2 heterocycles. The van der Waals surface area contributed by atoms with Crippen LogP contribution in [0, 0.1) is 0 Å². The molecule has 5 aromatic rings. The molecule has 0 spiro atoms. The Labute approximate surface area is 213 Å². The Kier molecular flexibility index (Phi) is 5.95. The van der Waals surface area contributed by atoms with Crippen molar-refractivity contribution < 1.29 is 39.5 Å². The first-order valence-electron chi connectivity index (χ1n) is 11.2. The third-order valence-corrected chi connectivity index (χ3v) is 6.22. The van der Waals surface area contributed by atoms with Gasteiger partial charge in [-0.1, -0.05) is 6.07 Å². The minimum Gasteiger partial charge on any atom is -0.507 e. The molecule has 2 aromatic heterocycles. The lowest BCUT2D eigenvalue weighted by atomic mass is 9.86. The van der Waals surface area contributed by atoms with Crippen LogP contribution in [0.5, 0.6) is 28.7 Å². The lowest BCUT2D eigenvalue weighted by Crippen LogP contribution is -2.13. The number of ether oxygens (including phenoxy) is 1. The topological polar surface area (TPSA) is 183 Å². The van der Waals surface area contributed by atoms with Crippen LogP contribution in [0.15, 0.2) is 64.1 Å². The second kappa shape index (κ2) is 9.28. The van der Waals surface area contributed by atoms with Crippen molar-refractivity contribution in [3.05, 3.63) is 76.2 Å². The fourth-order valence-corrected chi connectivity index (χ4v) is 4.37. The second-order valence-electron chi connectivity index (χ2n) is 8.48. The van der Waals surface area contributed by atoms with Gasteiger partial charge in [0.05, 0.1) is 24.6 Å². The molecule has 11 heteroatoms. The number of fused-ring (bicyclic) bond motifs is 2. The van der Waals surface area contributed by atoms with Crippen LogP contribution in [0.1, 0.15) is 23.5 Å². The molecule has 1 unspecified atom stereocenters. The van der Waals surface area contributed by atoms with Crippen LogP contribution in [-0.2, 0) is 9.53 Å². The van der Waals surface area contributed by atoms with Gasteiger partial charge >= 0.3 is 5.97 Å². The van der Waals surface area contributed by atoms with Gasteiger partial charge in [-0.25, -0.2) is 0 Å². The van der Waals surface area contributed by atoms with E-state index in [-0.39, 0.29) is 23.1 Å². The largest absolute Gasteiger partial charge is 0.507 e. The predicted octanol–water partition coefficient (Wildman–Crippen LogP) is 3.63. The highest BCUT2D eigenvalue weighted by molar-refractivity contribution is 5.92. The fourth-order valence-electron chi connectivity index (χ4n) is 4.37. The number of phenols is 4. The molecule has 0 aliphatic carbocycles. The molecule has 0 saturated heterocycles. The first-order chi connectivity index (χ1) is 18.2. The summed E-state index contributed by atoms with van der Waals surface area (Å²) in [6.07, 6.45) is 2.72. The molecule has 5 N–H and O–H groups in total. The van der Waals surface area contributed by atoms with Crippen LogP contribution in [0.3, 0.4) is 0 Å². The summed E-state index contributed by atoms with van der Waals surface area (Å²) >= 11 is 0. The van der Waals surface area contributed by atoms with Crippen molar-refractivity contribution in [1.29, 1.82) is 0 Å². The number of methoxy groups -OCH3 is 1. The van der Waals surface area contributed by atoms with Gasteiger partial charge in [-0.05, 0) is 35.9 Å². The molecule has 1 atom stereocenters. The Morgan fingerprint density at radius 2 is 1.63 bits per heavy atom. The number of nitrogens with zero attached hydrogens (tertiary/aromatic N) is 2. The number of aromatic nitrogens is 2. The maximum Gasteiger partial charge on any atom is 0.306 e. The number of rotatable bonds is 5. The van der Waals surface area contributed by atoms with E-state index in [0.717, 1.165) is 18.2 Å². The number of aromatic hydroxyl groups is 5. The van der Waals surface area contributed by atoms with Crippen molar-refractivity contribution >= 4 is 28.0 Å². The van der Waals surface area contributed by atoms with E-state index in [9.17, 15) is 35.1 Å². The van der Waals surface area contributed by atoms with Crippen LogP contribution in [0.2, 0.25) is 0 Å². The molecular formula is C27H20N2O9. The van der Waals surface area contributed by atoms with E-state index in [2.05, 4.69) is 9.97 Å². The average Bonchev–Trinajstić information content (AvgIpc) is 2.90. The Balaban J connectivity index is 1.84. The number of phenolic OH excluding ortho intramolecular Hbond substituents is 4. The predicted molar refractivity (Wildman–Crippen MR) is 134 cm³/mol. The zero-order valence-corrected chi connectivity index (χ0v) is 19.7. The number of benzene rings is 3. The van der Waals surface area contributed by atoms with Gasteiger partial charge in [0.15, 0.2) is 17.3 Å². The molecule has 38 heavy (non-hydrogen) atoms. The van der Waals surface area contributed by atoms with Crippen LogP contribution >= 0.6 is 0 Å². The maximum absolute atomic E-state index is 13.2. The highest BCUT2D eigenvalue weighted by atomic mass is 16.5. The standard InChI is InChI=1S/C27H20N2O9/c1-37-21(34)10-14(12-2-4-15-16(8-12)29-7-6-28-15)22-19(32)11-20(33)23-24(35)25(36)26(38-27(22)23)13-3-5-17(30)18(31)9-13/h2-9,11,14,30-33,36H,10H2,1H3. The lowest BCUT2D eigenvalue weighted by molar-refractivity contribution is -0.140. The molecule has 11 nitrogen and oxygen atoms in total. The molecule has 5 rings (SSSR count). The number of esters is 1. The summed E-state index contributed by atoms with van der Waals surface area (Å²) in [7, 11) is 1.20. The van der Waals surface area contributed by atoms with E-state index in [4.69, 9.17) is 9.15 Å². The third kappa shape index (κ3) is 4.05. The molecule has 0 amide bonds. The van der Waals surface area contributed by atoms with Gasteiger partial charge in [-0.15, -0.1) is 0 Å². The smallest absolute Gasteiger partial charge is 0.306 e. The molecule has 0 aliphatic heterocycles. The van der Waals surface area contributed by atoms with Gasteiger partial charge in [-0.2, -0.15) is 0 Å². The van der Waals surface area contributed by atoms with Crippen molar-refractivity contribution in [1.82, 2.24) is 9.97 Å². The van der Waals surface area contributed by atoms with E-state index in [1.807, 2.05) is 0 Å². The Morgan fingerprint density at radius 1 is 0.895 bits per heavy atom. The van der Waals surface area contributed by atoms with E-state index in [1.165, 1.54) is 25.6 Å². The van der Waals surface area contributed by atoms with Gasteiger partial charge in [0.25, 0.3) is 0 Å². The molecule has 0 fully saturated rings. The Morgan fingerprint density at radius 3 is 2.34 bits per heavy atom. The van der Waals surface area contributed by atoms with Crippen LogP contribution in [0.4, 0.5) is 0 Å². The van der Waals surface area contributed by atoms with Gasteiger partial charge in [0.1, 0.15) is 22.5 Å². The second-order valence-corrected chi connectivity index (χ2v) is 8.48. The summed E-state index contributed by atoms with van der Waals surface area (Å²) in [4.78, 5) is 34.2. The molecule has 192 valence electrons. The van der Waals surface area contributed by atoms with Crippen molar-refractivity contribution in [2.45, 2.75) is 12.3 Å². The summed E-state index contributed by atoms with van der Waals surface area (Å²) in [5.41, 5.74) is 0.240.